The third kappa shape index (κ3) is 2.58. The average molecular weight is 419 g/mol. The Bertz CT molecular complexity index is 774. The van der Waals surface area contributed by atoms with Gasteiger partial charge >= 0.3 is 0 Å². The predicted molar refractivity (Wildman–Crippen MR) is 101 cm³/mol. The molecule has 0 N–H and O–H groups in total. The van der Waals surface area contributed by atoms with Crippen LogP contribution in [-0.4, -0.2) is 53.7 Å². The minimum absolute atomic E-state index is 0.0444. The van der Waals surface area contributed by atoms with Crippen LogP contribution in [0.1, 0.15) is 38.8 Å². The van der Waals surface area contributed by atoms with Crippen LogP contribution in [0.4, 0.5) is 5.69 Å². The summed E-state index contributed by atoms with van der Waals surface area (Å²) in [7, 11) is 0. The van der Waals surface area contributed by atoms with Gasteiger partial charge < -0.3 is 9.64 Å². The lowest BCUT2D eigenvalue weighted by Gasteiger charge is -2.52. The molecular weight excluding hydrogens is 396 g/mol. The van der Waals surface area contributed by atoms with Gasteiger partial charge in [0.1, 0.15) is 5.54 Å². The molecule has 26 heavy (non-hydrogen) atoms. The molecule has 0 unspecified atom stereocenters. The number of carbonyl (C=O) groups excluding carboxylic acids is 1. The van der Waals surface area contributed by atoms with Crippen molar-refractivity contribution >= 4 is 27.5 Å². The van der Waals surface area contributed by atoms with E-state index in [9.17, 15) is 10.1 Å². The van der Waals surface area contributed by atoms with Gasteiger partial charge in [-0.05, 0) is 42.3 Å². The van der Waals surface area contributed by atoms with Gasteiger partial charge in [0.05, 0.1) is 29.5 Å². The van der Waals surface area contributed by atoms with E-state index in [1.807, 2.05) is 24.8 Å². The van der Waals surface area contributed by atoms with Gasteiger partial charge in [-0.2, -0.15) is 5.26 Å². The van der Waals surface area contributed by atoms with Crippen LogP contribution in [0, 0.1) is 11.3 Å². The van der Waals surface area contributed by atoms with Crippen molar-refractivity contribution in [2.75, 3.05) is 31.2 Å². The fourth-order valence-electron chi connectivity index (χ4n) is 4.46. The molecule has 4 rings (SSSR count). The first kappa shape index (κ1) is 17.9. The number of anilines is 1. The fourth-order valence-corrected chi connectivity index (χ4v) is 4.78. The first-order valence-electron chi connectivity index (χ1n) is 9.13. The molecule has 1 amide bonds. The van der Waals surface area contributed by atoms with Gasteiger partial charge in [-0.3, -0.25) is 14.7 Å². The molecule has 2 aliphatic heterocycles. The molecule has 1 aromatic rings. The molecule has 3 heterocycles. The number of rotatable bonds is 2. The molecule has 0 aromatic carbocycles. The molecule has 0 bridgehead atoms. The van der Waals surface area contributed by atoms with Crippen molar-refractivity contribution in [1.29, 1.82) is 5.26 Å². The summed E-state index contributed by atoms with van der Waals surface area (Å²) in [5.74, 6) is 0.0776. The van der Waals surface area contributed by atoms with Crippen LogP contribution >= 0.6 is 15.9 Å². The van der Waals surface area contributed by atoms with Crippen molar-refractivity contribution in [3.05, 3.63) is 22.4 Å². The van der Waals surface area contributed by atoms with Crippen LogP contribution in [0.3, 0.4) is 0 Å². The number of aromatic nitrogens is 1. The van der Waals surface area contributed by atoms with E-state index in [1.165, 1.54) is 0 Å². The minimum Gasteiger partial charge on any atom is -0.380 e. The number of hydrogen-bond acceptors (Lipinski definition) is 5. The Kier molecular flexibility index (Phi) is 4.33. The van der Waals surface area contributed by atoms with Crippen molar-refractivity contribution in [3.63, 3.8) is 0 Å². The largest absolute Gasteiger partial charge is 0.380 e. The topological polar surface area (TPSA) is 69.5 Å². The zero-order valence-electron chi connectivity index (χ0n) is 15.2. The zero-order chi connectivity index (χ0) is 18.5. The summed E-state index contributed by atoms with van der Waals surface area (Å²) in [5.41, 5.74) is 0.593. The minimum atomic E-state index is -0.628. The molecule has 0 radical (unpaired) electrons. The van der Waals surface area contributed by atoms with Gasteiger partial charge in [0.2, 0.25) is 5.91 Å². The quantitative estimate of drug-likeness (QED) is 0.737. The van der Waals surface area contributed by atoms with E-state index in [0.29, 0.717) is 19.4 Å². The second kappa shape index (κ2) is 6.29. The van der Waals surface area contributed by atoms with E-state index < -0.39 is 11.0 Å². The predicted octanol–water partition coefficient (Wildman–Crippen LogP) is 2.62. The fraction of sp³-hybridized carbons (Fsp3) is 0.632. The van der Waals surface area contributed by atoms with Gasteiger partial charge in [-0.15, -0.1) is 0 Å². The number of nitrogens with zero attached hydrogens (tertiary/aromatic N) is 4. The van der Waals surface area contributed by atoms with Gasteiger partial charge in [-0.1, -0.05) is 0 Å². The molecule has 0 spiro atoms. The average Bonchev–Trinajstić information content (AvgIpc) is 2.79. The molecule has 2 fully saturated rings. The van der Waals surface area contributed by atoms with Gasteiger partial charge in [0.25, 0.3) is 0 Å². The third-order valence-electron chi connectivity index (χ3n) is 5.99. The number of nitriles is 1. The van der Waals surface area contributed by atoms with E-state index >= 15 is 0 Å². The van der Waals surface area contributed by atoms with Crippen LogP contribution in [-0.2, 0) is 14.9 Å². The highest BCUT2D eigenvalue weighted by atomic mass is 79.9. The van der Waals surface area contributed by atoms with Gasteiger partial charge in [0, 0.05) is 49.2 Å². The summed E-state index contributed by atoms with van der Waals surface area (Å²) in [6.07, 6.45) is 4.05. The van der Waals surface area contributed by atoms with Crippen molar-refractivity contribution in [3.8, 4) is 6.07 Å². The number of halogens is 1. The van der Waals surface area contributed by atoms with Gasteiger partial charge in [0.15, 0.2) is 0 Å². The Morgan fingerprint density at radius 2 is 2.12 bits per heavy atom. The van der Waals surface area contributed by atoms with Crippen molar-refractivity contribution in [1.82, 2.24) is 9.88 Å². The van der Waals surface area contributed by atoms with Gasteiger partial charge in [-0.25, -0.2) is 0 Å². The molecule has 1 aromatic heterocycles. The molecule has 0 atom stereocenters. The summed E-state index contributed by atoms with van der Waals surface area (Å²) in [5, 5.41) is 9.89. The Labute approximate surface area is 162 Å². The number of carbonyl (C=O) groups is 1. The smallest absolute Gasteiger partial charge is 0.239 e. The van der Waals surface area contributed by atoms with Crippen LogP contribution in [0.5, 0.6) is 0 Å². The molecular formula is C19H23BrN4O2. The maximum atomic E-state index is 13.1. The normalized spacial score (nSPS) is 31.1. The maximum Gasteiger partial charge on any atom is 0.239 e. The Morgan fingerprint density at radius 3 is 2.85 bits per heavy atom. The first-order valence-corrected chi connectivity index (χ1v) is 9.92. The van der Waals surface area contributed by atoms with E-state index in [2.05, 4.69) is 31.9 Å². The molecule has 1 saturated heterocycles. The lowest BCUT2D eigenvalue weighted by Crippen LogP contribution is -2.64. The summed E-state index contributed by atoms with van der Waals surface area (Å²) in [6.45, 7) is 6.94. The Balaban J connectivity index is 1.60. The molecule has 7 heteroatoms. The second-order valence-electron chi connectivity index (χ2n) is 7.98. The third-order valence-corrected chi connectivity index (χ3v) is 6.42. The number of pyridine rings is 1. The van der Waals surface area contributed by atoms with E-state index in [1.54, 1.807) is 6.20 Å². The van der Waals surface area contributed by atoms with Crippen LogP contribution in [0.2, 0.25) is 0 Å². The molecule has 1 aliphatic carbocycles. The summed E-state index contributed by atoms with van der Waals surface area (Å²) in [4.78, 5) is 21.8. The lowest BCUT2D eigenvalue weighted by molar-refractivity contribution is -0.123. The van der Waals surface area contributed by atoms with Crippen LogP contribution < -0.4 is 4.90 Å². The van der Waals surface area contributed by atoms with E-state index in [4.69, 9.17) is 4.74 Å². The number of amides is 1. The van der Waals surface area contributed by atoms with Crippen molar-refractivity contribution < 1.29 is 9.53 Å². The highest BCUT2D eigenvalue weighted by molar-refractivity contribution is 9.10. The van der Waals surface area contributed by atoms with E-state index in [0.717, 1.165) is 42.0 Å². The number of ether oxygens (including phenoxy) is 1. The molecule has 138 valence electrons. The van der Waals surface area contributed by atoms with Crippen LogP contribution in [0.15, 0.2) is 16.7 Å². The first-order chi connectivity index (χ1) is 12.4. The lowest BCUT2D eigenvalue weighted by atomic mass is 9.71. The number of fused-ring (bicyclic) bond motifs is 1. The highest BCUT2D eigenvalue weighted by Gasteiger charge is 2.56. The Hall–Kier alpha value is -1.49. The summed E-state index contributed by atoms with van der Waals surface area (Å²) in [6, 6.07) is 4.56. The Morgan fingerprint density at radius 1 is 1.35 bits per heavy atom. The SMILES string of the molecule is CC1(C)C(=O)N(C2CC(C#N)(N3CCCOCC3)C2)c2cc(Br)cnc21. The van der Waals surface area contributed by atoms with Crippen molar-refractivity contribution in [2.24, 2.45) is 0 Å². The molecule has 6 nitrogen and oxygen atoms in total. The monoisotopic (exact) mass is 418 g/mol. The summed E-state index contributed by atoms with van der Waals surface area (Å²) >= 11 is 3.47. The summed E-state index contributed by atoms with van der Waals surface area (Å²) < 4.78 is 6.40. The molecule has 1 saturated carbocycles. The van der Waals surface area contributed by atoms with E-state index in [-0.39, 0.29) is 11.9 Å². The highest BCUT2D eigenvalue weighted by Crippen LogP contribution is 2.49. The standard InChI is InChI=1S/C19H23BrN4O2/c1-18(2)16-15(8-13(20)11-22-16)24(17(18)25)14-9-19(10-14,12-21)23-4-3-6-26-7-5-23/h8,11,14H,3-7,9-10H2,1-2H3. The van der Waals surface area contributed by atoms with Crippen molar-refractivity contribution in [2.45, 2.75) is 50.1 Å². The van der Waals surface area contributed by atoms with Crippen LogP contribution in [0.25, 0.3) is 0 Å². The maximum absolute atomic E-state index is 13.1. The second-order valence-corrected chi connectivity index (χ2v) is 8.90. The number of hydrogen-bond donors (Lipinski definition) is 0. The molecule has 3 aliphatic rings. The zero-order valence-corrected chi connectivity index (χ0v) is 16.8.